The Bertz CT molecular complexity index is 564. The van der Waals surface area contributed by atoms with Gasteiger partial charge < -0.3 is 11.1 Å². The molecule has 3 rings (SSSR count). The van der Waals surface area contributed by atoms with E-state index in [-0.39, 0.29) is 11.8 Å². The van der Waals surface area contributed by atoms with Gasteiger partial charge in [-0.15, -0.1) is 0 Å². The highest BCUT2D eigenvalue weighted by Crippen LogP contribution is 2.30. The molecule has 0 saturated heterocycles. The minimum atomic E-state index is -0.820. The zero-order chi connectivity index (χ0) is 16.3. The van der Waals surface area contributed by atoms with Crippen molar-refractivity contribution in [3.63, 3.8) is 0 Å². The number of nitrogens with one attached hydrogen (secondary N) is 1. The number of fused-ring (bicyclic) bond motifs is 1. The van der Waals surface area contributed by atoms with E-state index in [2.05, 4.69) is 29.6 Å². The van der Waals surface area contributed by atoms with Gasteiger partial charge in [-0.1, -0.05) is 49.9 Å². The van der Waals surface area contributed by atoms with Crippen molar-refractivity contribution in [3.8, 4) is 0 Å². The molecule has 0 unspecified atom stereocenters. The first-order valence-electron chi connectivity index (χ1n) is 8.77. The molecule has 0 spiro atoms. The smallest absolute Gasteiger partial charge is 0.243 e. The highest BCUT2D eigenvalue weighted by molar-refractivity contribution is 5.90. The minimum Gasteiger partial charge on any atom is -0.368 e. The number of primary amides is 1. The van der Waals surface area contributed by atoms with Gasteiger partial charge in [0, 0.05) is 6.42 Å². The number of nitrogens with two attached hydrogens (primary N) is 1. The first-order chi connectivity index (χ1) is 11.1. The monoisotopic (exact) mass is 314 g/mol. The molecule has 0 aliphatic heterocycles. The third-order valence-electron chi connectivity index (χ3n) is 5.42. The molecule has 1 saturated carbocycles. The van der Waals surface area contributed by atoms with Crippen molar-refractivity contribution < 1.29 is 9.59 Å². The predicted molar refractivity (Wildman–Crippen MR) is 89.7 cm³/mol. The van der Waals surface area contributed by atoms with Crippen LogP contribution in [0.15, 0.2) is 24.3 Å². The summed E-state index contributed by atoms with van der Waals surface area (Å²) in [6.45, 7) is 0. The van der Waals surface area contributed by atoms with Crippen LogP contribution in [0, 0.1) is 5.92 Å². The number of amides is 2. The molecule has 2 amide bonds. The lowest BCUT2D eigenvalue weighted by Crippen LogP contribution is -2.57. The molecule has 0 heterocycles. The SMILES string of the molecule is NC(=O)C1(NC(=O)CC2Cc3ccccc3C2)CCCCCC1. The number of hydrogen-bond donors (Lipinski definition) is 2. The van der Waals surface area contributed by atoms with Crippen molar-refractivity contribution >= 4 is 11.8 Å². The van der Waals surface area contributed by atoms with Crippen LogP contribution in [0.2, 0.25) is 0 Å². The van der Waals surface area contributed by atoms with Crippen molar-refractivity contribution in [2.24, 2.45) is 11.7 Å². The number of carbonyl (C=O) groups excluding carboxylic acids is 2. The van der Waals surface area contributed by atoms with E-state index in [0.717, 1.165) is 38.5 Å². The largest absolute Gasteiger partial charge is 0.368 e. The topological polar surface area (TPSA) is 72.2 Å². The normalized spacial score (nSPS) is 20.5. The molecule has 0 atom stereocenters. The van der Waals surface area contributed by atoms with Crippen LogP contribution >= 0.6 is 0 Å². The van der Waals surface area contributed by atoms with Crippen molar-refractivity contribution in [2.45, 2.75) is 63.3 Å². The second kappa shape index (κ2) is 6.73. The lowest BCUT2D eigenvalue weighted by Gasteiger charge is -2.31. The van der Waals surface area contributed by atoms with Crippen LogP contribution in [0.4, 0.5) is 0 Å². The quantitative estimate of drug-likeness (QED) is 0.838. The summed E-state index contributed by atoms with van der Waals surface area (Å²) in [7, 11) is 0. The maximum Gasteiger partial charge on any atom is 0.243 e. The fourth-order valence-electron chi connectivity index (χ4n) is 4.14. The Kier molecular flexibility index (Phi) is 4.69. The Morgan fingerprint density at radius 1 is 1.04 bits per heavy atom. The number of rotatable bonds is 4. The molecular weight excluding hydrogens is 288 g/mol. The Morgan fingerprint density at radius 2 is 1.61 bits per heavy atom. The molecule has 4 heteroatoms. The van der Waals surface area contributed by atoms with Crippen LogP contribution in [0.5, 0.6) is 0 Å². The minimum absolute atomic E-state index is 0.0245. The Labute approximate surface area is 137 Å². The second-order valence-corrected chi connectivity index (χ2v) is 7.16. The van der Waals surface area contributed by atoms with Crippen molar-refractivity contribution in [3.05, 3.63) is 35.4 Å². The highest BCUT2D eigenvalue weighted by atomic mass is 16.2. The molecule has 2 aliphatic rings. The van der Waals surface area contributed by atoms with E-state index in [1.807, 2.05) is 0 Å². The molecule has 0 bridgehead atoms. The molecule has 1 aromatic rings. The van der Waals surface area contributed by atoms with Crippen molar-refractivity contribution in [2.75, 3.05) is 0 Å². The van der Waals surface area contributed by atoms with Crippen LogP contribution in [0.3, 0.4) is 0 Å². The molecule has 124 valence electrons. The molecule has 0 radical (unpaired) electrons. The van der Waals surface area contributed by atoms with E-state index < -0.39 is 5.54 Å². The summed E-state index contributed by atoms with van der Waals surface area (Å²) < 4.78 is 0. The number of hydrogen-bond acceptors (Lipinski definition) is 2. The summed E-state index contributed by atoms with van der Waals surface area (Å²) in [5, 5.41) is 3.01. The van der Waals surface area contributed by atoms with E-state index in [9.17, 15) is 9.59 Å². The highest BCUT2D eigenvalue weighted by Gasteiger charge is 2.38. The van der Waals surface area contributed by atoms with Crippen molar-refractivity contribution in [1.29, 1.82) is 0 Å². The zero-order valence-electron chi connectivity index (χ0n) is 13.6. The van der Waals surface area contributed by atoms with E-state index in [4.69, 9.17) is 5.73 Å². The third kappa shape index (κ3) is 3.57. The van der Waals surface area contributed by atoms with Gasteiger partial charge in [-0.05, 0) is 42.7 Å². The summed E-state index contributed by atoms with van der Waals surface area (Å²) in [4.78, 5) is 24.5. The summed E-state index contributed by atoms with van der Waals surface area (Å²) in [6, 6.07) is 8.39. The maximum absolute atomic E-state index is 12.5. The van der Waals surface area contributed by atoms with Gasteiger partial charge in [0.1, 0.15) is 5.54 Å². The maximum atomic E-state index is 12.5. The van der Waals surface area contributed by atoms with Gasteiger partial charge in [0.2, 0.25) is 11.8 Å². The van der Waals surface area contributed by atoms with Gasteiger partial charge >= 0.3 is 0 Å². The Hall–Kier alpha value is -1.84. The van der Waals surface area contributed by atoms with Crippen molar-refractivity contribution in [1.82, 2.24) is 5.32 Å². The lowest BCUT2D eigenvalue weighted by molar-refractivity contribution is -0.132. The summed E-state index contributed by atoms with van der Waals surface area (Å²) in [6.07, 6.45) is 7.88. The van der Waals surface area contributed by atoms with Crippen LogP contribution < -0.4 is 11.1 Å². The molecule has 3 N–H and O–H groups in total. The van der Waals surface area contributed by atoms with Gasteiger partial charge in [0.05, 0.1) is 0 Å². The van der Waals surface area contributed by atoms with Gasteiger partial charge in [0.15, 0.2) is 0 Å². The fraction of sp³-hybridized carbons (Fsp3) is 0.579. The molecule has 1 aromatic carbocycles. The van der Waals surface area contributed by atoms with Crippen LogP contribution in [0.25, 0.3) is 0 Å². The fourth-order valence-corrected chi connectivity index (χ4v) is 4.14. The number of benzene rings is 1. The van der Waals surface area contributed by atoms with Gasteiger partial charge in [0.25, 0.3) is 0 Å². The van der Waals surface area contributed by atoms with Gasteiger partial charge in [-0.3, -0.25) is 9.59 Å². The summed E-state index contributed by atoms with van der Waals surface area (Å²) in [5.74, 6) is -0.0610. The molecule has 23 heavy (non-hydrogen) atoms. The van der Waals surface area contributed by atoms with E-state index >= 15 is 0 Å². The van der Waals surface area contributed by atoms with Crippen LogP contribution in [-0.4, -0.2) is 17.4 Å². The standard InChI is InChI=1S/C19H26N2O2/c20-18(23)19(9-5-1-2-6-10-19)21-17(22)13-14-11-15-7-3-4-8-16(15)12-14/h3-4,7-8,14H,1-2,5-6,9-13H2,(H2,20,23)(H,21,22). The average molecular weight is 314 g/mol. The second-order valence-electron chi connectivity index (χ2n) is 7.16. The van der Waals surface area contributed by atoms with Crippen LogP contribution in [0.1, 0.15) is 56.1 Å². The first kappa shape index (κ1) is 16.0. The van der Waals surface area contributed by atoms with Gasteiger partial charge in [-0.2, -0.15) is 0 Å². The zero-order valence-corrected chi connectivity index (χ0v) is 13.6. The lowest BCUT2D eigenvalue weighted by atomic mass is 9.88. The van der Waals surface area contributed by atoms with E-state index in [0.29, 0.717) is 25.2 Å². The molecule has 4 nitrogen and oxygen atoms in total. The van der Waals surface area contributed by atoms with Crippen LogP contribution in [-0.2, 0) is 22.4 Å². The third-order valence-corrected chi connectivity index (χ3v) is 5.42. The van der Waals surface area contributed by atoms with E-state index in [1.54, 1.807) is 0 Å². The van der Waals surface area contributed by atoms with E-state index in [1.165, 1.54) is 11.1 Å². The molecule has 1 fully saturated rings. The summed E-state index contributed by atoms with van der Waals surface area (Å²) in [5.41, 5.74) is 7.53. The summed E-state index contributed by atoms with van der Waals surface area (Å²) >= 11 is 0. The molecule has 2 aliphatic carbocycles. The van der Waals surface area contributed by atoms with Gasteiger partial charge in [-0.25, -0.2) is 0 Å². The molecule has 0 aromatic heterocycles. The predicted octanol–water partition coefficient (Wildman–Crippen LogP) is 2.49. The average Bonchev–Trinajstić information content (AvgIpc) is 2.76. The first-order valence-corrected chi connectivity index (χ1v) is 8.77. The number of carbonyl (C=O) groups is 2. The Balaban J connectivity index is 1.61. The Morgan fingerprint density at radius 3 is 2.13 bits per heavy atom. The molecular formula is C19H26N2O2.